The third kappa shape index (κ3) is 1.98. The van der Waals surface area contributed by atoms with Gasteiger partial charge in [-0.05, 0) is 0 Å². The van der Waals surface area contributed by atoms with Crippen molar-refractivity contribution in [3.05, 3.63) is 56.8 Å². The maximum absolute atomic E-state index is 10.7. The molecule has 7 nitrogen and oxygen atoms in total. The number of rotatable bonds is 3. The first-order valence-electron chi connectivity index (χ1n) is 4.56. The van der Waals surface area contributed by atoms with E-state index in [0.29, 0.717) is 5.56 Å². The number of hydrogen-bond acceptors (Lipinski definition) is 5. The van der Waals surface area contributed by atoms with Crippen molar-refractivity contribution in [3.8, 4) is 11.3 Å². The summed E-state index contributed by atoms with van der Waals surface area (Å²) in [4.78, 5) is 20.1. The highest BCUT2D eigenvalue weighted by Gasteiger charge is 2.20. The summed E-state index contributed by atoms with van der Waals surface area (Å²) in [6.07, 6.45) is 1.17. The molecule has 0 bridgehead atoms. The minimum Gasteiger partial charge on any atom is -0.457 e. The molecule has 0 radical (unpaired) electrons. The van der Waals surface area contributed by atoms with Gasteiger partial charge in [-0.15, -0.1) is 0 Å². The Labute approximate surface area is 94.6 Å². The number of hydrogen-bond donors (Lipinski definition) is 0. The maximum atomic E-state index is 10.7. The molecule has 86 valence electrons. The molecule has 0 atom stereocenters. The molecule has 0 aliphatic heterocycles. The van der Waals surface area contributed by atoms with Crippen molar-refractivity contribution in [1.82, 2.24) is 0 Å². The van der Waals surface area contributed by atoms with Crippen LogP contribution in [0.25, 0.3) is 11.3 Å². The second kappa shape index (κ2) is 4.05. The number of furan rings is 1. The van der Waals surface area contributed by atoms with Gasteiger partial charge in [0.25, 0.3) is 5.69 Å². The zero-order valence-corrected chi connectivity index (χ0v) is 8.40. The third-order valence-electron chi connectivity index (χ3n) is 2.16. The molecule has 2 rings (SSSR count). The SMILES string of the molecule is O=[N+]([O-])c1cccc(-c2occc2[N+](=O)[O-])c1. The molecule has 17 heavy (non-hydrogen) atoms. The summed E-state index contributed by atoms with van der Waals surface area (Å²) >= 11 is 0. The summed E-state index contributed by atoms with van der Waals surface area (Å²) in [6.45, 7) is 0. The highest BCUT2D eigenvalue weighted by Crippen LogP contribution is 2.32. The van der Waals surface area contributed by atoms with Crippen molar-refractivity contribution in [2.45, 2.75) is 0 Å². The quantitative estimate of drug-likeness (QED) is 0.600. The van der Waals surface area contributed by atoms with Crippen LogP contribution in [0.1, 0.15) is 0 Å². The molecule has 2 aromatic rings. The molecular weight excluding hydrogens is 228 g/mol. The molecular formula is C10H6N2O5. The maximum Gasteiger partial charge on any atom is 0.315 e. The Morgan fingerprint density at radius 2 is 1.82 bits per heavy atom. The molecule has 0 saturated carbocycles. The van der Waals surface area contributed by atoms with Gasteiger partial charge in [-0.3, -0.25) is 20.2 Å². The Bertz CT molecular complexity index is 590. The minimum atomic E-state index is -0.600. The lowest BCUT2D eigenvalue weighted by atomic mass is 10.1. The summed E-state index contributed by atoms with van der Waals surface area (Å²) in [6, 6.07) is 6.69. The van der Waals surface area contributed by atoms with Crippen molar-refractivity contribution in [1.29, 1.82) is 0 Å². The number of nitro groups is 2. The van der Waals surface area contributed by atoms with Crippen LogP contribution >= 0.6 is 0 Å². The van der Waals surface area contributed by atoms with Crippen LogP contribution < -0.4 is 0 Å². The lowest BCUT2D eigenvalue weighted by Gasteiger charge is -1.97. The topological polar surface area (TPSA) is 99.4 Å². The van der Waals surface area contributed by atoms with E-state index in [1.54, 1.807) is 0 Å². The first-order valence-corrected chi connectivity index (χ1v) is 4.56. The molecule has 0 amide bonds. The summed E-state index contributed by atoms with van der Waals surface area (Å²) in [5.41, 5.74) is -0.0606. The molecule has 7 heteroatoms. The van der Waals surface area contributed by atoms with Gasteiger partial charge >= 0.3 is 5.69 Å². The Hall–Kier alpha value is -2.70. The van der Waals surface area contributed by atoms with Crippen LogP contribution in [0, 0.1) is 20.2 Å². The number of nitrogens with zero attached hydrogens (tertiary/aromatic N) is 2. The van der Waals surface area contributed by atoms with Crippen molar-refractivity contribution in [3.63, 3.8) is 0 Å². The van der Waals surface area contributed by atoms with Crippen LogP contribution in [0.2, 0.25) is 0 Å². The van der Waals surface area contributed by atoms with E-state index in [1.807, 2.05) is 0 Å². The summed E-state index contributed by atoms with van der Waals surface area (Å²) in [5.74, 6) is 0.0127. The fourth-order valence-electron chi connectivity index (χ4n) is 1.42. The smallest absolute Gasteiger partial charge is 0.315 e. The summed E-state index contributed by atoms with van der Waals surface area (Å²) < 4.78 is 4.98. The van der Waals surface area contributed by atoms with Crippen LogP contribution in [0.15, 0.2) is 41.0 Å². The standard InChI is InChI=1S/C10H6N2O5/c13-11(14)8-3-1-2-7(6-8)10-9(12(15)16)4-5-17-10/h1-6H. The van der Waals surface area contributed by atoms with Crippen LogP contribution in [0.5, 0.6) is 0 Å². The molecule has 0 saturated heterocycles. The summed E-state index contributed by atoms with van der Waals surface area (Å²) in [7, 11) is 0. The van der Waals surface area contributed by atoms with Crippen LogP contribution in [0.3, 0.4) is 0 Å². The Morgan fingerprint density at radius 1 is 1.06 bits per heavy atom. The Morgan fingerprint density at radius 3 is 2.47 bits per heavy atom. The molecule has 0 N–H and O–H groups in total. The average Bonchev–Trinajstić information content (AvgIpc) is 2.78. The highest BCUT2D eigenvalue weighted by atomic mass is 16.6. The Balaban J connectivity index is 2.53. The zero-order chi connectivity index (χ0) is 12.4. The second-order valence-electron chi connectivity index (χ2n) is 3.20. The fourth-order valence-corrected chi connectivity index (χ4v) is 1.42. The summed E-state index contributed by atoms with van der Waals surface area (Å²) in [5, 5.41) is 21.3. The van der Waals surface area contributed by atoms with Gasteiger partial charge in [-0.25, -0.2) is 0 Å². The fraction of sp³-hybridized carbons (Fsp3) is 0. The van der Waals surface area contributed by atoms with E-state index in [4.69, 9.17) is 4.42 Å². The average molecular weight is 234 g/mol. The third-order valence-corrected chi connectivity index (χ3v) is 2.16. The van der Waals surface area contributed by atoms with E-state index in [1.165, 1.54) is 36.6 Å². The predicted molar refractivity (Wildman–Crippen MR) is 57.5 cm³/mol. The number of benzene rings is 1. The van der Waals surface area contributed by atoms with Gasteiger partial charge in [0.1, 0.15) is 0 Å². The Kier molecular flexibility index (Phi) is 2.57. The van der Waals surface area contributed by atoms with E-state index < -0.39 is 9.85 Å². The van der Waals surface area contributed by atoms with Gasteiger partial charge in [0.15, 0.2) is 0 Å². The van der Waals surface area contributed by atoms with Crippen LogP contribution in [-0.4, -0.2) is 9.85 Å². The molecule has 0 unspecified atom stereocenters. The first kappa shape index (κ1) is 10.8. The van der Waals surface area contributed by atoms with Gasteiger partial charge < -0.3 is 4.42 Å². The molecule has 1 aromatic carbocycles. The van der Waals surface area contributed by atoms with E-state index in [9.17, 15) is 20.2 Å². The predicted octanol–water partition coefficient (Wildman–Crippen LogP) is 2.76. The van der Waals surface area contributed by atoms with Gasteiger partial charge in [0.2, 0.25) is 5.76 Å². The lowest BCUT2D eigenvalue weighted by molar-refractivity contribution is -0.385. The van der Waals surface area contributed by atoms with Gasteiger partial charge in [0.05, 0.1) is 22.2 Å². The molecule has 1 heterocycles. The first-order chi connectivity index (χ1) is 8.09. The highest BCUT2D eigenvalue weighted by molar-refractivity contribution is 5.69. The van der Waals surface area contributed by atoms with Gasteiger partial charge in [-0.2, -0.15) is 0 Å². The van der Waals surface area contributed by atoms with Crippen molar-refractivity contribution in [2.24, 2.45) is 0 Å². The molecule has 0 spiro atoms. The molecule has 0 fully saturated rings. The number of non-ortho nitro benzene ring substituents is 1. The van der Waals surface area contributed by atoms with Crippen molar-refractivity contribution < 1.29 is 14.3 Å². The molecule has 0 aliphatic carbocycles. The zero-order valence-electron chi connectivity index (χ0n) is 8.40. The number of nitro benzene ring substituents is 1. The minimum absolute atomic E-state index is 0.0127. The van der Waals surface area contributed by atoms with Crippen LogP contribution in [-0.2, 0) is 0 Å². The van der Waals surface area contributed by atoms with E-state index in [-0.39, 0.29) is 17.1 Å². The van der Waals surface area contributed by atoms with Crippen LogP contribution in [0.4, 0.5) is 11.4 Å². The molecule has 0 aliphatic rings. The van der Waals surface area contributed by atoms with E-state index in [0.717, 1.165) is 0 Å². The van der Waals surface area contributed by atoms with Crippen molar-refractivity contribution in [2.75, 3.05) is 0 Å². The molecule has 1 aromatic heterocycles. The van der Waals surface area contributed by atoms with Gasteiger partial charge in [-0.1, -0.05) is 12.1 Å². The van der Waals surface area contributed by atoms with Crippen molar-refractivity contribution >= 4 is 11.4 Å². The van der Waals surface area contributed by atoms with E-state index in [2.05, 4.69) is 0 Å². The normalized spacial score (nSPS) is 10.1. The van der Waals surface area contributed by atoms with E-state index >= 15 is 0 Å². The second-order valence-corrected chi connectivity index (χ2v) is 3.20. The lowest BCUT2D eigenvalue weighted by Crippen LogP contribution is -1.90. The van der Waals surface area contributed by atoms with Gasteiger partial charge in [0, 0.05) is 17.7 Å². The monoisotopic (exact) mass is 234 g/mol. The largest absolute Gasteiger partial charge is 0.457 e.